The fourth-order valence-corrected chi connectivity index (χ4v) is 3.43. The third-order valence-corrected chi connectivity index (χ3v) is 4.94. The van der Waals surface area contributed by atoms with E-state index in [0.717, 1.165) is 33.2 Å². The Bertz CT molecular complexity index is 1060. The van der Waals surface area contributed by atoms with Crippen molar-refractivity contribution in [3.63, 3.8) is 0 Å². The minimum absolute atomic E-state index is 0.575. The number of aliphatic imine (C=N–C) groups is 1. The summed E-state index contributed by atoms with van der Waals surface area (Å²) in [7, 11) is 6.72. The van der Waals surface area contributed by atoms with Gasteiger partial charge in [-0.25, -0.2) is 9.50 Å². The predicted octanol–water partition coefficient (Wildman–Crippen LogP) is 3.02. The van der Waals surface area contributed by atoms with E-state index in [9.17, 15) is 0 Å². The molecule has 0 amide bonds. The maximum atomic E-state index is 5.65. The molecule has 0 unspecified atom stereocenters. The molecule has 3 rings (SSSR count). The van der Waals surface area contributed by atoms with Gasteiger partial charge in [0.2, 0.25) is 0 Å². The summed E-state index contributed by atoms with van der Waals surface area (Å²) in [4.78, 5) is 9.25. The molecule has 3 aromatic rings. The molecule has 0 saturated heterocycles. The van der Waals surface area contributed by atoms with Crippen molar-refractivity contribution >= 4 is 35.2 Å². The van der Waals surface area contributed by atoms with Crippen molar-refractivity contribution in [2.45, 2.75) is 0 Å². The number of nitrogens with one attached hydrogen (secondary N) is 2. The lowest BCUT2D eigenvalue weighted by Gasteiger charge is -2.16. The van der Waals surface area contributed by atoms with Gasteiger partial charge in [0, 0.05) is 32.1 Å². The summed E-state index contributed by atoms with van der Waals surface area (Å²) in [6.07, 6.45) is 6.64. The third kappa shape index (κ3) is 4.06. The number of fused-ring (bicyclic) bond motifs is 1. The first kappa shape index (κ1) is 20.3. The van der Waals surface area contributed by atoms with Crippen molar-refractivity contribution in [3.8, 4) is 22.8 Å². The van der Waals surface area contributed by atoms with Gasteiger partial charge in [0.15, 0.2) is 17.1 Å². The number of imidazole rings is 1. The average Bonchev–Trinajstić information content (AvgIpc) is 3.20. The minimum atomic E-state index is 0.575. The predicted molar refractivity (Wildman–Crippen MR) is 119 cm³/mol. The van der Waals surface area contributed by atoms with Crippen LogP contribution in [0.3, 0.4) is 0 Å². The van der Waals surface area contributed by atoms with Crippen LogP contribution in [0, 0.1) is 0 Å². The molecule has 0 radical (unpaired) electrons. The van der Waals surface area contributed by atoms with Gasteiger partial charge in [0.05, 0.1) is 48.6 Å². The summed E-state index contributed by atoms with van der Waals surface area (Å²) >= 11 is 1.32. The van der Waals surface area contributed by atoms with E-state index < -0.39 is 0 Å². The molecule has 2 heterocycles. The Labute approximate surface area is 173 Å². The van der Waals surface area contributed by atoms with Crippen LogP contribution < -0.4 is 25.2 Å². The molecule has 0 fully saturated rings. The van der Waals surface area contributed by atoms with Gasteiger partial charge in [-0.2, -0.15) is 5.10 Å². The van der Waals surface area contributed by atoms with E-state index in [1.807, 2.05) is 25.2 Å². The molecule has 152 valence electrons. The molecular formula is C19H23N7O2S. The number of benzene rings is 1. The second kappa shape index (κ2) is 9.20. The van der Waals surface area contributed by atoms with E-state index in [-0.39, 0.29) is 0 Å². The second-order valence-electron chi connectivity index (χ2n) is 5.79. The van der Waals surface area contributed by atoms with Crippen molar-refractivity contribution in [2.24, 2.45) is 10.7 Å². The van der Waals surface area contributed by atoms with E-state index in [1.54, 1.807) is 44.4 Å². The van der Waals surface area contributed by atoms with Crippen LogP contribution in [0.1, 0.15) is 0 Å². The monoisotopic (exact) mass is 413 g/mol. The molecular weight excluding hydrogens is 390 g/mol. The topological polar surface area (TPSA) is 111 Å². The molecule has 0 bridgehead atoms. The number of nitrogens with two attached hydrogens (primary N) is 1. The van der Waals surface area contributed by atoms with Crippen molar-refractivity contribution in [1.82, 2.24) is 14.6 Å². The Hall–Kier alpha value is -3.40. The molecule has 1 aromatic carbocycles. The van der Waals surface area contributed by atoms with Crippen LogP contribution in [0.15, 0.2) is 46.7 Å². The number of nitrogens with zero attached hydrogens (tertiary/aromatic N) is 4. The van der Waals surface area contributed by atoms with Crippen molar-refractivity contribution in [3.05, 3.63) is 41.7 Å². The van der Waals surface area contributed by atoms with Gasteiger partial charge in [-0.15, -0.1) is 0 Å². The summed E-state index contributed by atoms with van der Waals surface area (Å²) in [6, 6.07) is 5.71. The summed E-state index contributed by atoms with van der Waals surface area (Å²) < 4.78 is 16.1. The van der Waals surface area contributed by atoms with Crippen molar-refractivity contribution in [2.75, 3.05) is 38.4 Å². The Kier molecular flexibility index (Phi) is 6.45. The number of allylic oxidation sites excluding steroid dienone is 1. The van der Waals surface area contributed by atoms with Gasteiger partial charge in [0.1, 0.15) is 0 Å². The molecule has 0 saturated carbocycles. The fourth-order valence-electron chi connectivity index (χ4n) is 2.82. The van der Waals surface area contributed by atoms with Gasteiger partial charge in [-0.05, 0) is 30.1 Å². The van der Waals surface area contributed by atoms with Crippen LogP contribution in [-0.2, 0) is 0 Å². The molecule has 0 spiro atoms. The quantitative estimate of drug-likeness (QED) is 0.382. The zero-order chi connectivity index (χ0) is 20.8. The highest BCUT2D eigenvalue weighted by molar-refractivity contribution is 8.05. The SMILES string of the molecule is CN=C/C(=C\N)SNc1cc(-c2cnc3c(NC)ccnn23)cc(OC)c1OC. The lowest BCUT2D eigenvalue weighted by molar-refractivity contribution is 0.356. The highest BCUT2D eigenvalue weighted by Gasteiger charge is 2.17. The van der Waals surface area contributed by atoms with E-state index in [2.05, 4.69) is 25.1 Å². The molecule has 2 aromatic heterocycles. The first-order chi connectivity index (χ1) is 14.2. The van der Waals surface area contributed by atoms with Gasteiger partial charge >= 0.3 is 0 Å². The molecule has 29 heavy (non-hydrogen) atoms. The lowest BCUT2D eigenvalue weighted by Crippen LogP contribution is -2.01. The van der Waals surface area contributed by atoms with E-state index in [1.165, 1.54) is 18.1 Å². The van der Waals surface area contributed by atoms with Crippen LogP contribution in [0.4, 0.5) is 11.4 Å². The number of ether oxygens (including phenoxy) is 2. The highest BCUT2D eigenvalue weighted by atomic mass is 32.2. The zero-order valence-electron chi connectivity index (χ0n) is 16.6. The molecule has 0 aliphatic heterocycles. The number of aromatic nitrogens is 3. The summed E-state index contributed by atoms with van der Waals surface area (Å²) in [5, 5.41) is 7.56. The Morgan fingerprint density at radius 1 is 1.28 bits per heavy atom. The fraction of sp³-hybridized carbons (Fsp3) is 0.211. The Morgan fingerprint density at radius 3 is 2.76 bits per heavy atom. The van der Waals surface area contributed by atoms with Crippen LogP contribution in [-0.4, -0.2) is 49.1 Å². The minimum Gasteiger partial charge on any atom is -0.493 e. The summed E-state index contributed by atoms with van der Waals surface area (Å²) in [5.74, 6) is 1.15. The highest BCUT2D eigenvalue weighted by Crippen LogP contribution is 2.41. The summed E-state index contributed by atoms with van der Waals surface area (Å²) in [5.41, 5.74) is 9.67. The maximum absolute atomic E-state index is 5.65. The molecule has 4 N–H and O–H groups in total. The van der Waals surface area contributed by atoms with Crippen molar-refractivity contribution in [1.29, 1.82) is 0 Å². The van der Waals surface area contributed by atoms with Gasteiger partial charge < -0.3 is 25.2 Å². The molecule has 10 heteroatoms. The van der Waals surface area contributed by atoms with E-state index >= 15 is 0 Å². The first-order valence-corrected chi connectivity index (χ1v) is 9.52. The summed E-state index contributed by atoms with van der Waals surface area (Å²) in [6.45, 7) is 0. The van der Waals surface area contributed by atoms with Crippen LogP contribution in [0.5, 0.6) is 11.5 Å². The first-order valence-electron chi connectivity index (χ1n) is 8.70. The van der Waals surface area contributed by atoms with E-state index in [4.69, 9.17) is 15.2 Å². The Morgan fingerprint density at radius 2 is 2.10 bits per heavy atom. The standard InChI is InChI=1S/C19H23N7O2S/c1-21-10-13(9-20)29-25-15-7-12(8-17(27-3)18(15)28-4)16-11-23-19-14(22-2)5-6-24-26(16)19/h5-11,22,25H,20H2,1-4H3/b13-9+,21-10?. The third-order valence-electron chi connectivity index (χ3n) is 4.15. The van der Waals surface area contributed by atoms with E-state index in [0.29, 0.717) is 11.5 Å². The zero-order valence-corrected chi connectivity index (χ0v) is 17.4. The second-order valence-corrected chi connectivity index (χ2v) is 6.67. The Balaban J connectivity index is 2.09. The average molecular weight is 414 g/mol. The van der Waals surface area contributed by atoms with Crippen molar-refractivity contribution < 1.29 is 9.47 Å². The van der Waals surface area contributed by atoms with Gasteiger partial charge in [-0.3, -0.25) is 4.99 Å². The molecule has 9 nitrogen and oxygen atoms in total. The number of hydrogen-bond acceptors (Lipinski definition) is 9. The number of anilines is 2. The smallest absolute Gasteiger partial charge is 0.184 e. The van der Waals surface area contributed by atoms with Crippen LogP contribution in [0.25, 0.3) is 16.9 Å². The molecule has 0 aliphatic rings. The van der Waals surface area contributed by atoms with Crippen LogP contribution in [0.2, 0.25) is 0 Å². The maximum Gasteiger partial charge on any atom is 0.184 e. The van der Waals surface area contributed by atoms with Gasteiger partial charge in [-0.1, -0.05) is 0 Å². The molecule has 0 aliphatic carbocycles. The van der Waals surface area contributed by atoms with Gasteiger partial charge in [0.25, 0.3) is 0 Å². The normalized spacial score (nSPS) is 11.8. The lowest BCUT2D eigenvalue weighted by atomic mass is 10.1. The largest absolute Gasteiger partial charge is 0.493 e. The number of hydrogen-bond donors (Lipinski definition) is 3. The molecule has 0 atom stereocenters. The van der Waals surface area contributed by atoms with Crippen LogP contribution >= 0.6 is 11.9 Å². The number of methoxy groups -OCH3 is 2. The number of rotatable bonds is 8.